The van der Waals surface area contributed by atoms with Crippen LogP contribution in [-0.2, 0) is 16.6 Å². The second-order valence-corrected chi connectivity index (χ2v) is 6.88. The number of amides is 1. The Balaban J connectivity index is 0.00000264. The number of nitrogens with one attached hydrogen (secondary N) is 1. The molecule has 7 heteroatoms. The van der Waals surface area contributed by atoms with Crippen LogP contribution in [0.15, 0.2) is 6.20 Å². The number of hydrogen-bond acceptors (Lipinski definition) is 4. The van der Waals surface area contributed by atoms with E-state index in [1.807, 2.05) is 47.9 Å². The molecule has 1 amide bonds. The SMILES string of the molecule is CCOC1CC(N)(C(=O)NC(C)c2cn(C)nc2C)C1(C)C.Cl. The smallest absolute Gasteiger partial charge is 0.241 e. The minimum absolute atomic E-state index is 0. The number of carbonyl (C=O) groups excluding carboxylic acids is 1. The van der Waals surface area contributed by atoms with Gasteiger partial charge in [-0.1, -0.05) is 13.8 Å². The van der Waals surface area contributed by atoms with Gasteiger partial charge in [0.05, 0.1) is 17.8 Å². The Morgan fingerprint density at radius 2 is 2.22 bits per heavy atom. The second kappa shape index (κ2) is 6.79. The average molecular weight is 345 g/mol. The number of halogens is 1. The first kappa shape index (κ1) is 19.9. The maximum atomic E-state index is 12.7. The molecule has 1 heterocycles. The van der Waals surface area contributed by atoms with Crippen molar-refractivity contribution in [1.82, 2.24) is 15.1 Å². The van der Waals surface area contributed by atoms with Crippen molar-refractivity contribution in [3.8, 4) is 0 Å². The van der Waals surface area contributed by atoms with Gasteiger partial charge in [0, 0.05) is 37.3 Å². The Bertz CT molecular complexity index is 572. The molecular weight excluding hydrogens is 316 g/mol. The molecule has 1 fully saturated rings. The van der Waals surface area contributed by atoms with E-state index >= 15 is 0 Å². The fourth-order valence-electron chi connectivity index (χ4n) is 3.27. The van der Waals surface area contributed by atoms with Crippen molar-refractivity contribution >= 4 is 18.3 Å². The number of hydrogen-bond donors (Lipinski definition) is 2. The molecule has 3 unspecified atom stereocenters. The number of nitrogens with two attached hydrogens (primary N) is 1. The van der Waals surface area contributed by atoms with Crippen molar-refractivity contribution in [3.05, 3.63) is 17.5 Å². The zero-order valence-corrected chi connectivity index (χ0v) is 15.7. The summed E-state index contributed by atoms with van der Waals surface area (Å²) in [5, 5.41) is 7.35. The largest absolute Gasteiger partial charge is 0.378 e. The first-order valence-electron chi connectivity index (χ1n) is 7.85. The Hall–Kier alpha value is -1.11. The molecule has 1 aliphatic carbocycles. The van der Waals surface area contributed by atoms with E-state index in [4.69, 9.17) is 10.5 Å². The van der Waals surface area contributed by atoms with Gasteiger partial charge in [-0.05, 0) is 20.8 Å². The maximum absolute atomic E-state index is 12.7. The van der Waals surface area contributed by atoms with Gasteiger partial charge in [0.25, 0.3) is 0 Å². The van der Waals surface area contributed by atoms with Crippen molar-refractivity contribution in [2.45, 2.75) is 58.7 Å². The van der Waals surface area contributed by atoms with Crippen molar-refractivity contribution < 1.29 is 9.53 Å². The van der Waals surface area contributed by atoms with Crippen molar-refractivity contribution in [2.24, 2.45) is 18.2 Å². The van der Waals surface area contributed by atoms with E-state index in [1.165, 1.54) is 0 Å². The van der Waals surface area contributed by atoms with Crippen molar-refractivity contribution in [2.75, 3.05) is 6.61 Å². The van der Waals surface area contributed by atoms with Crippen LogP contribution < -0.4 is 11.1 Å². The third-order valence-electron chi connectivity index (χ3n) is 5.10. The Morgan fingerprint density at radius 3 is 2.65 bits per heavy atom. The number of carbonyl (C=O) groups is 1. The van der Waals surface area contributed by atoms with E-state index in [1.54, 1.807) is 4.68 Å². The Morgan fingerprint density at radius 1 is 1.61 bits per heavy atom. The summed E-state index contributed by atoms with van der Waals surface area (Å²) in [5.41, 5.74) is 7.06. The lowest BCUT2D eigenvalue weighted by Crippen LogP contribution is -2.75. The third kappa shape index (κ3) is 3.25. The van der Waals surface area contributed by atoms with E-state index in [2.05, 4.69) is 10.4 Å². The lowest BCUT2D eigenvalue weighted by Gasteiger charge is -2.57. The highest BCUT2D eigenvalue weighted by Crippen LogP contribution is 2.50. The van der Waals surface area contributed by atoms with Crippen LogP contribution >= 0.6 is 12.4 Å². The van der Waals surface area contributed by atoms with Crippen LogP contribution in [0, 0.1) is 12.3 Å². The van der Waals surface area contributed by atoms with Gasteiger partial charge in [0.2, 0.25) is 5.91 Å². The second-order valence-electron chi connectivity index (χ2n) is 6.88. The fourth-order valence-corrected chi connectivity index (χ4v) is 3.27. The highest BCUT2D eigenvalue weighted by molar-refractivity contribution is 5.89. The molecule has 3 atom stereocenters. The maximum Gasteiger partial charge on any atom is 0.241 e. The van der Waals surface area contributed by atoms with E-state index in [-0.39, 0.29) is 35.9 Å². The van der Waals surface area contributed by atoms with Crippen LogP contribution in [0.2, 0.25) is 0 Å². The highest BCUT2D eigenvalue weighted by Gasteiger charge is 2.62. The number of rotatable bonds is 5. The van der Waals surface area contributed by atoms with Gasteiger partial charge in [-0.3, -0.25) is 9.48 Å². The summed E-state index contributed by atoms with van der Waals surface area (Å²) in [6, 6.07) is -0.122. The molecular formula is C16H29ClN4O2. The minimum Gasteiger partial charge on any atom is -0.378 e. The molecule has 132 valence electrons. The first-order chi connectivity index (χ1) is 10.1. The average Bonchev–Trinajstić information content (AvgIpc) is 2.77. The summed E-state index contributed by atoms with van der Waals surface area (Å²) >= 11 is 0. The molecule has 0 bridgehead atoms. The standard InChI is InChI=1S/C16H28N4O2.ClH/c1-7-22-13-8-16(17,15(13,4)5)14(21)18-10(2)12-9-20(6)19-11(12)3;/h9-10,13H,7-8,17H2,1-6H3,(H,18,21);1H. The number of aryl methyl sites for hydroxylation is 2. The van der Waals surface area contributed by atoms with Crippen molar-refractivity contribution in [3.63, 3.8) is 0 Å². The molecule has 1 saturated carbocycles. The monoisotopic (exact) mass is 344 g/mol. The van der Waals surface area contributed by atoms with Gasteiger partial charge in [-0.15, -0.1) is 12.4 Å². The van der Waals surface area contributed by atoms with E-state index in [0.29, 0.717) is 13.0 Å². The zero-order valence-electron chi connectivity index (χ0n) is 14.8. The molecule has 0 spiro atoms. The van der Waals surface area contributed by atoms with E-state index in [0.717, 1.165) is 11.3 Å². The van der Waals surface area contributed by atoms with Gasteiger partial charge < -0.3 is 15.8 Å². The zero-order chi connectivity index (χ0) is 16.7. The number of nitrogens with zero attached hydrogens (tertiary/aromatic N) is 2. The van der Waals surface area contributed by atoms with Crippen LogP contribution in [-0.4, -0.2) is 33.9 Å². The predicted molar refractivity (Wildman–Crippen MR) is 92.5 cm³/mol. The van der Waals surface area contributed by atoms with Gasteiger partial charge in [-0.25, -0.2) is 0 Å². The summed E-state index contributed by atoms with van der Waals surface area (Å²) < 4.78 is 7.43. The summed E-state index contributed by atoms with van der Waals surface area (Å²) in [6.07, 6.45) is 2.51. The summed E-state index contributed by atoms with van der Waals surface area (Å²) in [5.74, 6) is -0.121. The third-order valence-corrected chi connectivity index (χ3v) is 5.10. The predicted octanol–water partition coefficient (Wildman–Crippen LogP) is 1.86. The van der Waals surface area contributed by atoms with Crippen LogP contribution in [0.3, 0.4) is 0 Å². The lowest BCUT2D eigenvalue weighted by atomic mass is 9.54. The van der Waals surface area contributed by atoms with Crippen LogP contribution in [0.5, 0.6) is 0 Å². The lowest BCUT2D eigenvalue weighted by molar-refractivity contribution is -0.171. The molecule has 1 aromatic heterocycles. The molecule has 3 N–H and O–H groups in total. The molecule has 1 aromatic rings. The van der Waals surface area contributed by atoms with Gasteiger partial charge in [0.15, 0.2) is 0 Å². The van der Waals surface area contributed by atoms with Crippen LogP contribution in [0.1, 0.15) is 51.4 Å². The Labute approximate surface area is 144 Å². The van der Waals surface area contributed by atoms with Crippen LogP contribution in [0.25, 0.3) is 0 Å². The molecule has 0 saturated heterocycles. The van der Waals surface area contributed by atoms with E-state index < -0.39 is 5.54 Å². The normalized spacial score (nSPS) is 26.8. The summed E-state index contributed by atoms with van der Waals surface area (Å²) in [6.45, 7) is 10.5. The fraction of sp³-hybridized carbons (Fsp3) is 0.750. The van der Waals surface area contributed by atoms with Gasteiger partial charge >= 0.3 is 0 Å². The quantitative estimate of drug-likeness (QED) is 0.854. The summed E-state index contributed by atoms with van der Waals surface area (Å²) in [4.78, 5) is 12.7. The Kier molecular flexibility index (Phi) is 5.88. The van der Waals surface area contributed by atoms with Gasteiger partial charge in [-0.2, -0.15) is 5.10 Å². The van der Waals surface area contributed by atoms with Crippen molar-refractivity contribution in [1.29, 1.82) is 0 Å². The number of aromatic nitrogens is 2. The molecule has 0 radical (unpaired) electrons. The highest BCUT2D eigenvalue weighted by atomic mass is 35.5. The number of ether oxygens (including phenoxy) is 1. The molecule has 0 aliphatic heterocycles. The van der Waals surface area contributed by atoms with Crippen LogP contribution in [0.4, 0.5) is 0 Å². The topological polar surface area (TPSA) is 82.2 Å². The molecule has 1 aliphatic rings. The first-order valence-corrected chi connectivity index (χ1v) is 7.85. The van der Waals surface area contributed by atoms with Gasteiger partial charge in [0.1, 0.15) is 5.54 Å². The molecule has 6 nitrogen and oxygen atoms in total. The summed E-state index contributed by atoms with van der Waals surface area (Å²) in [7, 11) is 1.87. The minimum atomic E-state index is -0.892. The molecule has 2 rings (SSSR count). The molecule has 0 aromatic carbocycles. The molecule has 23 heavy (non-hydrogen) atoms. The van der Waals surface area contributed by atoms with E-state index in [9.17, 15) is 4.79 Å².